The molecule has 2 atom stereocenters. The van der Waals surface area contributed by atoms with Gasteiger partial charge in [0, 0.05) is 0 Å². The van der Waals surface area contributed by atoms with E-state index in [-0.39, 0.29) is 16.8 Å². The number of carbonyl (C=O) groups is 1. The topological polar surface area (TPSA) is 26.3 Å². The van der Waals surface area contributed by atoms with Crippen LogP contribution in [-0.4, -0.2) is 12.6 Å². The van der Waals surface area contributed by atoms with Crippen LogP contribution in [0, 0.1) is 18.8 Å². The number of esters is 1. The molecule has 2 fully saturated rings. The molecule has 0 aliphatic heterocycles. The molecule has 0 N–H and O–H groups in total. The Morgan fingerprint density at radius 3 is 2.12 bits per heavy atom. The first-order chi connectivity index (χ1) is 15.6. The fourth-order valence-corrected chi connectivity index (χ4v) is 6.32. The van der Waals surface area contributed by atoms with Crippen LogP contribution < -0.4 is 0 Å². The van der Waals surface area contributed by atoms with Crippen LogP contribution in [0.3, 0.4) is 0 Å². The molecule has 2 aromatic carbocycles. The van der Waals surface area contributed by atoms with Crippen molar-refractivity contribution in [3.8, 4) is 0 Å². The number of carbonyl (C=O) groups excluding carboxylic acids is 1. The van der Waals surface area contributed by atoms with Gasteiger partial charge in [-0.05, 0) is 114 Å². The second-order valence-electron chi connectivity index (χ2n) is 11.8. The molecule has 3 aliphatic carbocycles. The van der Waals surface area contributed by atoms with Gasteiger partial charge < -0.3 is 4.74 Å². The van der Waals surface area contributed by atoms with Gasteiger partial charge in [-0.25, -0.2) is 4.79 Å². The minimum Gasteiger partial charge on any atom is -0.462 e. The largest absolute Gasteiger partial charge is 0.462 e. The Balaban J connectivity index is 1.66. The molecule has 5 rings (SSSR count). The lowest BCUT2D eigenvalue weighted by Crippen LogP contribution is -2.34. The van der Waals surface area contributed by atoms with E-state index in [0.717, 1.165) is 11.8 Å². The van der Waals surface area contributed by atoms with Gasteiger partial charge in [-0.15, -0.1) is 0 Å². The van der Waals surface area contributed by atoms with Crippen molar-refractivity contribution >= 4 is 11.5 Å². The highest BCUT2D eigenvalue weighted by Crippen LogP contribution is 2.58. The summed E-state index contributed by atoms with van der Waals surface area (Å²) in [6.07, 6.45) is 6.34. The van der Waals surface area contributed by atoms with Crippen molar-refractivity contribution in [3.05, 3.63) is 75.4 Å². The fourth-order valence-electron chi connectivity index (χ4n) is 6.32. The van der Waals surface area contributed by atoms with Crippen molar-refractivity contribution in [1.29, 1.82) is 0 Å². The number of ether oxygens (including phenoxy) is 1. The molecule has 2 saturated carbocycles. The third kappa shape index (κ3) is 3.86. The van der Waals surface area contributed by atoms with Gasteiger partial charge in [-0.1, -0.05) is 57.5 Å². The number of rotatable bonds is 4. The van der Waals surface area contributed by atoms with Gasteiger partial charge in [0.1, 0.15) is 0 Å². The molecule has 0 heterocycles. The summed E-state index contributed by atoms with van der Waals surface area (Å²) in [7, 11) is 0. The van der Waals surface area contributed by atoms with E-state index in [1.807, 2.05) is 19.1 Å². The lowest BCUT2D eigenvalue weighted by atomic mass is 9.62. The molecule has 174 valence electrons. The predicted octanol–water partition coefficient (Wildman–Crippen LogP) is 7.75. The smallest absolute Gasteiger partial charge is 0.338 e. The summed E-state index contributed by atoms with van der Waals surface area (Å²) in [5.41, 5.74) is 11.2. The molecule has 0 bridgehead atoms. The normalized spacial score (nSPS) is 25.8. The lowest BCUT2D eigenvalue weighted by molar-refractivity contribution is 0.0526. The zero-order valence-electron chi connectivity index (χ0n) is 21.2. The molecule has 2 aromatic rings. The summed E-state index contributed by atoms with van der Waals surface area (Å²) in [6, 6.07) is 13.2. The summed E-state index contributed by atoms with van der Waals surface area (Å²) in [6.45, 7) is 14.2. The molecule has 0 aromatic heterocycles. The predicted molar refractivity (Wildman–Crippen MR) is 136 cm³/mol. The summed E-state index contributed by atoms with van der Waals surface area (Å²) >= 11 is 0. The van der Waals surface area contributed by atoms with Crippen LogP contribution in [0.2, 0.25) is 0 Å². The standard InChI is InChI=1S/C31H38O2/c1-7-33-29(32)21-10-8-20(9-11-21)28(23-13-12-22-17-25(22)23)24-18-27-26(16-19(24)2)30(3,4)14-15-31(27,5)6/h8-11,16,18,22,25H,7,12-15,17H2,1-6H3. The molecule has 2 heteroatoms. The SMILES string of the molecule is CCOC(=O)c1ccc(C(=C2CCC3CC23)c2cc3c(cc2C)C(C)(C)CCC3(C)C)cc1. The van der Waals surface area contributed by atoms with Gasteiger partial charge >= 0.3 is 5.97 Å². The van der Waals surface area contributed by atoms with E-state index in [1.165, 1.54) is 65.5 Å². The highest BCUT2D eigenvalue weighted by atomic mass is 16.5. The van der Waals surface area contributed by atoms with Crippen LogP contribution in [0.25, 0.3) is 5.57 Å². The van der Waals surface area contributed by atoms with Crippen molar-refractivity contribution in [2.45, 2.75) is 84.5 Å². The molecule has 0 spiro atoms. The van der Waals surface area contributed by atoms with Crippen molar-refractivity contribution in [3.63, 3.8) is 0 Å². The second kappa shape index (κ2) is 7.86. The van der Waals surface area contributed by atoms with E-state index in [2.05, 4.69) is 58.9 Å². The second-order valence-corrected chi connectivity index (χ2v) is 11.8. The van der Waals surface area contributed by atoms with Gasteiger partial charge in [-0.2, -0.15) is 0 Å². The average molecular weight is 443 g/mol. The van der Waals surface area contributed by atoms with Crippen LogP contribution in [0.1, 0.15) is 105 Å². The molecule has 2 unspecified atom stereocenters. The van der Waals surface area contributed by atoms with E-state index in [1.54, 1.807) is 5.57 Å². The van der Waals surface area contributed by atoms with Crippen LogP contribution in [-0.2, 0) is 15.6 Å². The molecular formula is C31H38O2. The Hall–Kier alpha value is -2.35. The number of aryl methyl sites for hydroxylation is 1. The lowest BCUT2D eigenvalue weighted by Gasteiger charge is -2.42. The van der Waals surface area contributed by atoms with E-state index >= 15 is 0 Å². The van der Waals surface area contributed by atoms with E-state index in [4.69, 9.17) is 4.74 Å². The number of hydrogen-bond acceptors (Lipinski definition) is 2. The van der Waals surface area contributed by atoms with Gasteiger partial charge in [-0.3, -0.25) is 0 Å². The number of fused-ring (bicyclic) bond motifs is 2. The van der Waals surface area contributed by atoms with Gasteiger partial charge in [0.05, 0.1) is 12.2 Å². The van der Waals surface area contributed by atoms with E-state index in [9.17, 15) is 4.79 Å². The van der Waals surface area contributed by atoms with E-state index < -0.39 is 0 Å². The quantitative estimate of drug-likeness (QED) is 0.452. The van der Waals surface area contributed by atoms with Crippen molar-refractivity contribution < 1.29 is 9.53 Å². The van der Waals surface area contributed by atoms with Crippen molar-refractivity contribution in [2.75, 3.05) is 6.61 Å². The number of benzene rings is 2. The Morgan fingerprint density at radius 1 is 0.970 bits per heavy atom. The molecule has 2 nitrogen and oxygen atoms in total. The first kappa shape index (κ1) is 22.4. The van der Waals surface area contributed by atoms with E-state index in [0.29, 0.717) is 12.2 Å². The molecule has 0 amide bonds. The molecular weight excluding hydrogens is 404 g/mol. The highest BCUT2D eigenvalue weighted by molar-refractivity contribution is 5.91. The summed E-state index contributed by atoms with van der Waals surface area (Å²) < 4.78 is 5.21. The van der Waals surface area contributed by atoms with Gasteiger partial charge in [0.25, 0.3) is 0 Å². The van der Waals surface area contributed by atoms with Crippen LogP contribution in [0.5, 0.6) is 0 Å². The maximum atomic E-state index is 12.2. The highest BCUT2D eigenvalue weighted by Gasteiger charge is 2.46. The third-order valence-electron chi connectivity index (χ3n) is 8.63. The Bertz CT molecular complexity index is 1130. The number of hydrogen-bond donors (Lipinski definition) is 0. The summed E-state index contributed by atoms with van der Waals surface area (Å²) in [5.74, 6) is 1.40. The Kier molecular flexibility index (Phi) is 5.34. The van der Waals surface area contributed by atoms with Crippen LogP contribution in [0.4, 0.5) is 0 Å². The fraction of sp³-hybridized carbons (Fsp3) is 0.516. The first-order valence-electron chi connectivity index (χ1n) is 12.8. The summed E-state index contributed by atoms with van der Waals surface area (Å²) in [5, 5.41) is 0. The van der Waals surface area contributed by atoms with Crippen molar-refractivity contribution in [1.82, 2.24) is 0 Å². The maximum absolute atomic E-state index is 12.2. The minimum absolute atomic E-state index is 0.189. The zero-order chi connectivity index (χ0) is 23.5. The first-order valence-corrected chi connectivity index (χ1v) is 12.8. The van der Waals surface area contributed by atoms with Crippen LogP contribution >= 0.6 is 0 Å². The monoisotopic (exact) mass is 442 g/mol. The molecule has 0 radical (unpaired) electrons. The number of allylic oxidation sites excluding steroid dienone is 1. The minimum atomic E-state index is -0.240. The Morgan fingerprint density at radius 2 is 1.58 bits per heavy atom. The van der Waals surface area contributed by atoms with Gasteiger partial charge in [0.2, 0.25) is 0 Å². The average Bonchev–Trinajstić information content (AvgIpc) is 3.45. The maximum Gasteiger partial charge on any atom is 0.338 e. The summed E-state index contributed by atoms with van der Waals surface area (Å²) in [4.78, 5) is 12.2. The van der Waals surface area contributed by atoms with Crippen molar-refractivity contribution in [2.24, 2.45) is 11.8 Å². The molecule has 0 saturated heterocycles. The third-order valence-corrected chi connectivity index (χ3v) is 8.63. The Labute approximate surface area is 199 Å². The van der Waals surface area contributed by atoms with Crippen LogP contribution in [0.15, 0.2) is 42.0 Å². The molecule has 3 aliphatic rings. The van der Waals surface area contributed by atoms with Gasteiger partial charge in [0.15, 0.2) is 0 Å². The zero-order valence-corrected chi connectivity index (χ0v) is 21.2. The molecule has 33 heavy (non-hydrogen) atoms.